The molecule has 0 aliphatic carbocycles. The van der Waals surface area contributed by atoms with Gasteiger partial charge in [-0.25, -0.2) is 0 Å². The molecule has 0 bridgehead atoms. The van der Waals surface area contributed by atoms with Gasteiger partial charge in [-0.2, -0.15) is 0 Å². The van der Waals surface area contributed by atoms with Gasteiger partial charge in [0.1, 0.15) is 11.5 Å². The molecule has 0 unspecified atom stereocenters. The molecule has 0 aliphatic heterocycles. The lowest BCUT2D eigenvalue weighted by atomic mass is 10.2. The van der Waals surface area contributed by atoms with Crippen molar-refractivity contribution in [2.75, 3.05) is 19.5 Å². The summed E-state index contributed by atoms with van der Waals surface area (Å²) in [5.74, 6) is 0.943. The van der Waals surface area contributed by atoms with Crippen LogP contribution in [0.3, 0.4) is 0 Å². The molecule has 0 saturated heterocycles. The number of methoxy groups -OCH3 is 2. The van der Waals surface area contributed by atoms with E-state index in [0.717, 1.165) is 4.47 Å². The molecule has 23 heavy (non-hydrogen) atoms. The van der Waals surface area contributed by atoms with Crippen LogP contribution in [0.5, 0.6) is 11.5 Å². The summed E-state index contributed by atoms with van der Waals surface area (Å²) in [6.07, 6.45) is 0. The van der Waals surface area contributed by atoms with Crippen molar-refractivity contribution in [3.8, 4) is 11.5 Å². The molecular formula is C16H15BrN2O3S. The molecule has 0 spiro atoms. The van der Waals surface area contributed by atoms with Crippen LogP contribution in [0.15, 0.2) is 46.9 Å². The Bertz CT molecular complexity index is 720. The molecule has 0 fully saturated rings. The number of benzene rings is 2. The first kappa shape index (κ1) is 17.2. The maximum Gasteiger partial charge on any atom is 0.257 e. The van der Waals surface area contributed by atoms with E-state index in [1.807, 2.05) is 0 Å². The van der Waals surface area contributed by atoms with E-state index in [1.165, 1.54) is 0 Å². The lowest BCUT2D eigenvalue weighted by Crippen LogP contribution is -2.34. The molecule has 2 N–H and O–H groups in total. The molecule has 0 saturated carbocycles. The number of rotatable bonds is 4. The third-order valence-electron chi connectivity index (χ3n) is 2.99. The zero-order valence-corrected chi connectivity index (χ0v) is 15.0. The summed E-state index contributed by atoms with van der Waals surface area (Å²) >= 11 is 8.50. The average Bonchev–Trinajstić information content (AvgIpc) is 2.55. The third-order valence-corrected chi connectivity index (χ3v) is 3.72. The van der Waals surface area contributed by atoms with Gasteiger partial charge in [0, 0.05) is 16.1 Å². The first-order chi connectivity index (χ1) is 11.0. The van der Waals surface area contributed by atoms with Gasteiger partial charge < -0.3 is 14.8 Å². The zero-order chi connectivity index (χ0) is 16.8. The maximum atomic E-state index is 12.1. The van der Waals surface area contributed by atoms with Gasteiger partial charge in [0.05, 0.1) is 19.9 Å². The van der Waals surface area contributed by atoms with E-state index < -0.39 is 0 Å². The van der Waals surface area contributed by atoms with Crippen molar-refractivity contribution in [1.82, 2.24) is 5.32 Å². The Morgan fingerprint density at radius 1 is 1.09 bits per heavy atom. The molecule has 2 aromatic carbocycles. The summed E-state index contributed by atoms with van der Waals surface area (Å²) < 4.78 is 11.3. The quantitative estimate of drug-likeness (QED) is 0.775. The van der Waals surface area contributed by atoms with Crippen molar-refractivity contribution >= 4 is 44.9 Å². The first-order valence-electron chi connectivity index (χ1n) is 6.63. The Kier molecular flexibility index (Phi) is 5.95. The molecule has 1 amide bonds. The van der Waals surface area contributed by atoms with E-state index in [9.17, 15) is 4.79 Å². The van der Waals surface area contributed by atoms with Crippen LogP contribution < -0.4 is 20.1 Å². The lowest BCUT2D eigenvalue weighted by molar-refractivity contribution is 0.0977. The van der Waals surface area contributed by atoms with Crippen molar-refractivity contribution < 1.29 is 14.3 Å². The Balaban J connectivity index is 2.07. The zero-order valence-electron chi connectivity index (χ0n) is 12.6. The number of anilines is 1. The van der Waals surface area contributed by atoms with Crippen LogP contribution in [0.25, 0.3) is 0 Å². The van der Waals surface area contributed by atoms with E-state index >= 15 is 0 Å². The van der Waals surface area contributed by atoms with Gasteiger partial charge in [0.15, 0.2) is 5.11 Å². The molecule has 0 radical (unpaired) electrons. The Labute approximate surface area is 148 Å². The maximum absolute atomic E-state index is 12.1. The molecular weight excluding hydrogens is 380 g/mol. The summed E-state index contributed by atoms with van der Waals surface area (Å²) in [6.45, 7) is 0. The summed E-state index contributed by atoms with van der Waals surface area (Å²) in [6, 6.07) is 12.2. The van der Waals surface area contributed by atoms with Crippen molar-refractivity contribution in [1.29, 1.82) is 0 Å². The van der Waals surface area contributed by atoms with Crippen LogP contribution in [0.2, 0.25) is 0 Å². The minimum absolute atomic E-state index is 0.171. The monoisotopic (exact) mass is 394 g/mol. The number of carbonyl (C=O) groups excluding carboxylic acids is 1. The number of ether oxygens (including phenoxy) is 2. The van der Waals surface area contributed by atoms with E-state index in [1.54, 1.807) is 56.7 Å². The van der Waals surface area contributed by atoms with Gasteiger partial charge in [-0.1, -0.05) is 15.9 Å². The predicted molar refractivity (Wildman–Crippen MR) is 97.4 cm³/mol. The van der Waals surface area contributed by atoms with Crippen molar-refractivity contribution in [2.24, 2.45) is 0 Å². The second-order valence-corrected chi connectivity index (χ2v) is 5.81. The molecule has 0 aliphatic rings. The minimum atomic E-state index is -0.295. The van der Waals surface area contributed by atoms with Crippen molar-refractivity contribution in [2.45, 2.75) is 0 Å². The molecule has 120 valence electrons. The van der Waals surface area contributed by atoms with Crippen molar-refractivity contribution in [3.63, 3.8) is 0 Å². The third kappa shape index (κ3) is 4.67. The summed E-state index contributed by atoms with van der Waals surface area (Å²) in [7, 11) is 3.12. The highest BCUT2D eigenvalue weighted by Crippen LogP contribution is 2.28. The van der Waals surface area contributed by atoms with Gasteiger partial charge in [-0.3, -0.25) is 10.1 Å². The summed E-state index contributed by atoms with van der Waals surface area (Å²) in [5, 5.41) is 5.73. The van der Waals surface area contributed by atoms with Crippen LogP contribution >= 0.6 is 28.1 Å². The van der Waals surface area contributed by atoms with Crippen LogP contribution in [-0.4, -0.2) is 25.2 Å². The number of hydrogen-bond donors (Lipinski definition) is 2. The normalized spacial score (nSPS) is 9.87. The number of carbonyl (C=O) groups is 1. The fourth-order valence-corrected chi connectivity index (χ4v) is 2.31. The Hall–Kier alpha value is -2.12. The highest BCUT2D eigenvalue weighted by Gasteiger charge is 2.10. The standard InChI is InChI=1S/C16H15BrN2O3S/c1-21-12-7-8-14(22-2)13(9-12)18-16(23)19-15(20)10-3-5-11(17)6-4-10/h3-9H,1-2H3,(H2,18,19,20,23). The molecule has 2 rings (SSSR count). The molecule has 0 atom stereocenters. The van der Waals surface area contributed by atoms with Gasteiger partial charge in [0.25, 0.3) is 5.91 Å². The number of nitrogens with one attached hydrogen (secondary N) is 2. The van der Waals surface area contributed by atoms with Crippen LogP contribution in [0.1, 0.15) is 10.4 Å². The van der Waals surface area contributed by atoms with E-state index in [4.69, 9.17) is 21.7 Å². The lowest BCUT2D eigenvalue weighted by Gasteiger charge is -2.14. The molecule has 5 nitrogen and oxygen atoms in total. The van der Waals surface area contributed by atoms with Crippen LogP contribution in [-0.2, 0) is 0 Å². The van der Waals surface area contributed by atoms with E-state index in [0.29, 0.717) is 22.7 Å². The summed E-state index contributed by atoms with van der Waals surface area (Å²) in [4.78, 5) is 12.1. The Morgan fingerprint density at radius 3 is 2.39 bits per heavy atom. The van der Waals surface area contributed by atoms with Crippen LogP contribution in [0, 0.1) is 0 Å². The smallest absolute Gasteiger partial charge is 0.257 e. The minimum Gasteiger partial charge on any atom is -0.497 e. The fraction of sp³-hybridized carbons (Fsp3) is 0.125. The largest absolute Gasteiger partial charge is 0.497 e. The number of amides is 1. The van der Waals surface area contributed by atoms with Gasteiger partial charge in [0.2, 0.25) is 0 Å². The van der Waals surface area contributed by atoms with E-state index in [2.05, 4.69) is 26.6 Å². The van der Waals surface area contributed by atoms with Gasteiger partial charge in [-0.05, 0) is 48.6 Å². The van der Waals surface area contributed by atoms with Gasteiger partial charge in [-0.15, -0.1) is 0 Å². The topological polar surface area (TPSA) is 59.6 Å². The Morgan fingerprint density at radius 2 is 1.78 bits per heavy atom. The fourth-order valence-electron chi connectivity index (χ4n) is 1.84. The first-order valence-corrected chi connectivity index (χ1v) is 7.83. The molecule has 0 heterocycles. The molecule has 7 heteroatoms. The van der Waals surface area contributed by atoms with Crippen LogP contribution in [0.4, 0.5) is 5.69 Å². The molecule has 2 aromatic rings. The molecule has 0 aromatic heterocycles. The number of thiocarbonyl (C=S) groups is 1. The number of hydrogen-bond acceptors (Lipinski definition) is 4. The summed E-state index contributed by atoms with van der Waals surface area (Å²) in [5.41, 5.74) is 1.11. The van der Waals surface area contributed by atoms with E-state index in [-0.39, 0.29) is 11.0 Å². The highest BCUT2D eigenvalue weighted by atomic mass is 79.9. The second kappa shape index (κ2) is 7.94. The van der Waals surface area contributed by atoms with Crippen molar-refractivity contribution in [3.05, 3.63) is 52.5 Å². The number of halogens is 1. The average molecular weight is 395 g/mol. The second-order valence-electron chi connectivity index (χ2n) is 4.48. The predicted octanol–water partition coefficient (Wildman–Crippen LogP) is 3.59. The SMILES string of the molecule is COc1ccc(OC)c(NC(=S)NC(=O)c2ccc(Br)cc2)c1. The van der Waals surface area contributed by atoms with Gasteiger partial charge >= 0.3 is 0 Å². The highest BCUT2D eigenvalue weighted by molar-refractivity contribution is 9.10.